The molecule has 0 bridgehead atoms. The number of nitrogens with zero attached hydrogens (tertiary/aromatic N) is 11. The first-order valence-electron chi connectivity index (χ1n) is 21.6. The summed E-state index contributed by atoms with van der Waals surface area (Å²) in [7, 11) is 2.06. The molecule has 6 rings (SSSR count). The second kappa shape index (κ2) is 17.9. The van der Waals surface area contributed by atoms with E-state index >= 15 is 0 Å². The molecule has 0 spiro atoms. The zero-order chi connectivity index (χ0) is 41.1. The van der Waals surface area contributed by atoms with Crippen LogP contribution in [0.2, 0.25) is 0 Å². The molecule has 4 fully saturated rings. The van der Waals surface area contributed by atoms with Crippen molar-refractivity contribution in [2.45, 2.75) is 182 Å². The Balaban J connectivity index is 0.000000301. The third kappa shape index (κ3) is 11.3. The van der Waals surface area contributed by atoms with Gasteiger partial charge in [0.15, 0.2) is 0 Å². The van der Waals surface area contributed by atoms with Gasteiger partial charge in [0.1, 0.15) is 23.3 Å². The van der Waals surface area contributed by atoms with Gasteiger partial charge in [0.05, 0.1) is 5.54 Å². The average Bonchev–Trinajstić information content (AvgIpc) is 3.09. The number of carbonyl (C=O) groups excluding carboxylic acids is 1. The molecule has 2 aliphatic carbocycles. The number of amides is 1. The Morgan fingerprint density at radius 1 is 0.607 bits per heavy atom. The van der Waals surface area contributed by atoms with Crippen LogP contribution in [0.3, 0.4) is 0 Å². The lowest BCUT2D eigenvalue weighted by Gasteiger charge is -2.54. The Morgan fingerprint density at radius 2 is 1.00 bits per heavy atom. The lowest BCUT2D eigenvalue weighted by molar-refractivity contribution is -0.157. The summed E-state index contributed by atoms with van der Waals surface area (Å²) < 4.78 is 0. The second-order valence-corrected chi connectivity index (χ2v) is 19.7. The van der Waals surface area contributed by atoms with E-state index in [4.69, 9.17) is 9.97 Å². The van der Waals surface area contributed by atoms with Crippen molar-refractivity contribution in [1.29, 1.82) is 0 Å². The minimum absolute atomic E-state index is 0. The van der Waals surface area contributed by atoms with Crippen molar-refractivity contribution >= 4 is 17.8 Å². The quantitative estimate of drug-likeness (QED) is 0.282. The topological polar surface area (TPSA) is 123 Å². The Hall–Kier alpha value is -3.03. The van der Waals surface area contributed by atoms with E-state index in [1.54, 1.807) is 0 Å². The number of nitrogens with one attached hydrogen (secondary N) is 1. The fourth-order valence-electron chi connectivity index (χ4n) is 10.0. The van der Waals surface area contributed by atoms with Crippen LogP contribution in [-0.4, -0.2) is 138 Å². The van der Waals surface area contributed by atoms with Crippen molar-refractivity contribution in [2.24, 2.45) is 0 Å². The second-order valence-electron chi connectivity index (χ2n) is 19.7. The van der Waals surface area contributed by atoms with E-state index in [2.05, 4.69) is 93.4 Å². The van der Waals surface area contributed by atoms with Crippen LogP contribution in [0.1, 0.15) is 146 Å². The third-order valence-corrected chi connectivity index (χ3v) is 12.6. The summed E-state index contributed by atoms with van der Waals surface area (Å²) in [6.45, 7) is 31.9. The minimum atomic E-state index is -0.502. The summed E-state index contributed by atoms with van der Waals surface area (Å²) in [6, 6.07) is 0.998. The summed E-state index contributed by atoms with van der Waals surface area (Å²) in [6.07, 6.45) is 12.6. The normalized spacial score (nSPS) is 23.0. The lowest BCUT2D eigenvalue weighted by Crippen LogP contribution is -2.70. The Labute approximate surface area is 342 Å². The standard InChI is InChI=1S/C22H38N6O.C21H38N6.2H2/c1-16-23-17(2)25-20(24-16)28(18-11-9-8-10-12-18)14-13-27-15-21(3,4)26(7)22(5,6)19(27)29;1-16-22-17(2)24-19(23-16)27(18-10-8-7-9-11-18)13-12-26-14-20(3,4)25-21(5,6)15-26;;/h18H,8-15H2,1-7H3;18,25H,7-15H2,1-6H3;2*1H. The molecule has 0 unspecified atom stereocenters. The predicted octanol–water partition coefficient (Wildman–Crippen LogP) is 6.54. The maximum atomic E-state index is 13.2. The monoisotopic (exact) mass is 781 g/mol. The molecular formula is C43H80N12O. The number of hydrogen-bond donors (Lipinski definition) is 1. The number of rotatable bonds is 10. The highest BCUT2D eigenvalue weighted by atomic mass is 16.2. The van der Waals surface area contributed by atoms with Crippen LogP contribution in [0, 0.1) is 27.7 Å². The van der Waals surface area contributed by atoms with Gasteiger partial charge in [-0.25, -0.2) is 9.97 Å². The molecule has 13 nitrogen and oxygen atoms in total. The van der Waals surface area contributed by atoms with Gasteiger partial charge in [-0.05, 0) is 116 Å². The molecular weight excluding hydrogens is 701 g/mol. The van der Waals surface area contributed by atoms with Crippen LogP contribution in [0.5, 0.6) is 0 Å². The molecule has 0 atom stereocenters. The predicted molar refractivity (Wildman–Crippen MR) is 232 cm³/mol. The first kappa shape index (κ1) is 44.1. The first-order valence-corrected chi connectivity index (χ1v) is 21.6. The fourth-order valence-corrected chi connectivity index (χ4v) is 10.0. The van der Waals surface area contributed by atoms with Crippen molar-refractivity contribution < 1.29 is 7.65 Å². The molecule has 2 saturated carbocycles. The van der Waals surface area contributed by atoms with E-state index in [0.717, 1.165) is 87.3 Å². The number of anilines is 2. The molecule has 2 aromatic rings. The van der Waals surface area contributed by atoms with E-state index in [-0.39, 0.29) is 25.4 Å². The van der Waals surface area contributed by atoms with Crippen molar-refractivity contribution in [3.8, 4) is 0 Å². The van der Waals surface area contributed by atoms with E-state index in [1.807, 2.05) is 46.4 Å². The van der Waals surface area contributed by atoms with Gasteiger partial charge in [0.25, 0.3) is 0 Å². The van der Waals surface area contributed by atoms with Crippen molar-refractivity contribution in [3.63, 3.8) is 0 Å². The molecule has 1 amide bonds. The van der Waals surface area contributed by atoms with Crippen molar-refractivity contribution in [3.05, 3.63) is 23.3 Å². The van der Waals surface area contributed by atoms with Crippen molar-refractivity contribution in [1.82, 2.24) is 49.9 Å². The summed E-state index contributed by atoms with van der Waals surface area (Å²) >= 11 is 0. The van der Waals surface area contributed by atoms with Crippen LogP contribution >= 0.6 is 0 Å². The number of aryl methyl sites for hydroxylation is 4. The first-order chi connectivity index (χ1) is 26.2. The van der Waals surface area contributed by atoms with Crippen LogP contribution in [-0.2, 0) is 4.79 Å². The maximum absolute atomic E-state index is 13.2. The van der Waals surface area contributed by atoms with Crippen LogP contribution in [0.25, 0.3) is 0 Å². The zero-order valence-corrected chi connectivity index (χ0v) is 37.5. The summed E-state index contributed by atoms with van der Waals surface area (Å²) in [4.78, 5) is 52.3. The van der Waals surface area contributed by atoms with Gasteiger partial charge < -0.3 is 20.0 Å². The van der Waals surface area contributed by atoms with E-state index in [9.17, 15) is 4.79 Å². The molecule has 2 saturated heterocycles. The third-order valence-electron chi connectivity index (χ3n) is 12.6. The molecule has 4 aliphatic rings. The maximum Gasteiger partial charge on any atom is 0.242 e. The van der Waals surface area contributed by atoms with Gasteiger partial charge >= 0.3 is 0 Å². The van der Waals surface area contributed by atoms with Crippen LogP contribution in [0.15, 0.2) is 0 Å². The van der Waals surface area contributed by atoms with Gasteiger partial charge in [0.2, 0.25) is 17.8 Å². The van der Waals surface area contributed by atoms with Crippen LogP contribution in [0.4, 0.5) is 11.9 Å². The van der Waals surface area contributed by atoms with E-state index in [0.29, 0.717) is 18.6 Å². The number of hydrogen-bond acceptors (Lipinski definition) is 12. The molecule has 13 heteroatoms. The number of aromatic nitrogens is 6. The zero-order valence-electron chi connectivity index (χ0n) is 37.5. The summed E-state index contributed by atoms with van der Waals surface area (Å²) in [5, 5.41) is 3.77. The molecule has 56 heavy (non-hydrogen) atoms. The summed E-state index contributed by atoms with van der Waals surface area (Å²) in [5.41, 5.74) is -0.291. The SMILES string of the molecule is Cc1nc(C)nc(N(CCN2CC(C)(C)N(C)C(C)(C)C2=O)C2CCCCC2)n1.Cc1nc(C)nc(N(CCN2CC(C)(C)NC(C)(C)C2)C2CCCCC2)n1.[HH].[HH]. The van der Waals surface area contributed by atoms with Gasteiger partial charge in [-0.2, -0.15) is 19.9 Å². The molecule has 4 heterocycles. The van der Waals surface area contributed by atoms with Crippen molar-refractivity contribution in [2.75, 3.05) is 62.7 Å². The fraction of sp³-hybridized carbons (Fsp3) is 0.837. The molecule has 0 radical (unpaired) electrons. The van der Waals surface area contributed by atoms with Gasteiger partial charge in [-0.15, -0.1) is 0 Å². The lowest BCUT2D eigenvalue weighted by atomic mass is 9.87. The highest BCUT2D eigenvalue weighted by Crippen LogP contribution is 2.32. The number of likely N-dealkylation sites (N-methyl/N-ethyl adjacent to an activating group) is 1. The van der Waals surface area contributed by atoms with Gasteiger partial charge in [0, 0.05) is 77.4 Å². The average molecular weight is 781 g/mol. The van der Waals surface area contributed by atoms with E-state index in [1.165, 1.54) is 51.4 Å². The Kier molecular flexibility index (Phi) is 14.1. The largest absolute Gasteiger partial charge is 0.337 e. The van der Waals surface area contributed by atoms with Gasteiger partial charge in [-0.3, -0.25) is 14.6 Å². The molecule has 1 N–H and O–H groups in total. The summed E-state index contributed by atoms with van der Waals surface area (Å²) in [5.74, 6) is 5.00. The van der Waals surface area contributed by atoms with Crippen LogP contribution < -0.4 is 15.1 Å². The molecule has 2 aromatic heterocycles. The Morgan fingerprint density at radius 3 is 1.41 bits per heavy atom. The molecule has 0 aromatic carbocycles. The van der Waals surface area contributed by atoms with Gasteiger partial charge in [-0.1, -0.05) is 38.5 Å². The molecule has 318 valence electrons. The Bertz CT molecular complexity index is 1570. The highest BCUT2D eigenvalue weighted by Gasteiger charge is 2.48. The minimum Gasteiger partial charge on any atom is -0.337 e. The van der Waals surface area contributed by atoms with E-state index < -0.39 is 5.54 Å². The number of piperazine rings is 2. The highest BCUT2D eigenvalue weighted by molar-refractivity contribution is 5.86. The number of carbonyl (C=O) groups is 1. The smallest absolute Gasteiger partial charge is 0.242 e. The molecule has 2 aliphatic heterocycles.